The number of rotatable bonds is 3. The standard InChI is InChI=1S/C38H14B10O/c39-29-24(30(40)34(44)37(47)33(29)43)15-13-21(26-20-11-5-6-12-22(20)49-23(26)14-15)25-16-7-1-3-9-18(16)27(19-10-4-2-8-17(19)25)28-31(41)35(45)38(48)36(46)32(28)42/h1-14H. The molecule has 0 aliphatic rings. The first-order chi connectivity index (χ1) is 23.5. The fourth-order valence-electron chi connectivity index (χ4n) is 7.16. The second-order valence-corrected chi connectivity index (χ2v) is 12.2. The zero-order valence-electron chi connectivity index (χ0n) is 26.3. The number of hydrogen-bond acceptors (Lipinski definition) is 1. The molecule has 202 valence electrons. The van der Waals surface area contributed by atoms with Gasteiger partial charge >= 0.3 is 0 Å². The van der Waals surface area contributed by atoms with Crippen molar-refractivity contribution in [2.24, 2.45) is 0 Å². The highest BCUT2D eigenvalue weighted by Crippen LogP contribution is 2.47. The molecule has 1 aromatic heterocycles. The van der Waals surface area contributed by atoms with Crippen LogP contribution in [0.2, 0.25) is 0 Å². The molecular formula is C38H14B10O. The highest BCUT2D eigenvalue weighted by molar-refractivity contribution is 6.70. The Morgan fingerprint density at radius 2 is 0.714 bits per heavy atom. The lowest BCUT2D eigenvalue weighted by molar-refractivity contribution is 0.669. The molecule has 1 nitrogen and oxygen atoms in total. The van der Waals surface area contributed by atoms with Crippen LogP contribution in [-0.2, 0) is 0 Å². The maximum atomic E-state index is 6.68. The molecule has 11 heteroatoms. The summed E-state index contributed by atoms with van der Waals surface area (Å²) < 4.78 is 6.49. The zero-order valence-corrected chi connectivity index (χ0v) is 26.3. The van der Waals surface area contributed by atoms with Gasteiger partial charge in [0.1, 0.15) is 89.6 Å². The van der Waals surface area contributed by atoms with E-state index in [2.05, 4.69) is 12.1 Å². The smallest absolute Gasteiger partial charge is 0.136 e. The van der Waals surface area contributed by atoms with Crippen molar-refractivity contribution in [3.63, 3.8) is 0 Å². The van der Waals surface area contributed by atoms with Gasteiger partial charge in [-0.25, -0.2) is 0 Å². The van der Waals surface area contributed by atoms with E-state index in [1.165, 1.54) is 0 Å². The van der Waals surface area contributed by atoms with E-state index >= 15 is 0 Å². The molecule has 0 aliphatic heterocycles. The maximum absolute atomic E-state index is 6.68. The first kappa shape index (κ1) is 31.8. The fourth-order valence-corrected chi connectivity index (χ4v) is 7.16. The van der Waals surface area contributed by atoms with E-state index in [-0.39, 0.29) is 54.6 Å². The highest BCUT2D eigenvalue weighted by Gasteiger charge is 2.24. The van der Waals surface area contributed by atoms with E-state index in [0.29, 0.717) is 27.9 Å². The van der Waals surface area contributed by atoms with Crippen LogP contribution in [-0.4, -0.2) is 78.5 Å². The minimum Gasteiger partial charge on any atom is -0.456 e. The van der Waals surface area contributed by atoms with Crippen LogP contribution in [0, 0.1) is 0 Å². The minimum atomic E-state index is 0.138. The van der Waals surface area contributed by atoms with E-state index < -0.39 is 0 Å². The van der Waals surface area contributed by atoms with E-state index in [9.17, 15) is 0 Å². The van der Waals surface area contributed by atoms with Crippen molar-refractivity contribution in [1.29, 1.82) is 0 Å². The SMILES string of the molecule is [B]c1c([B])c([B])c(-c2cc(-c3c4ccccc4c(-c4c([B])c([B])c([B])c([B])c4[B])c4ccccc34)c3c(c2)oc2ccccc23)c([B])c1[B]. The molecular weight excluding hydrogens is 581 g/mol. The van der Waals surface area contributed by atoms with Crippen molar-refractivity contribution in [3.05, 3.63) is 84.9 Å². The van der Waals surface area contributed by atoms with Crippen LogP contribution >= 0.6 is 0 Å². The Morgan fingerprint density at radius 3 is 1.20 bits per heavy atom. The maximum Gasteiger partial charge on any atom is 0.136 e. The molecule has 0 saturated carbocycles. The molecule has 0 bridgehead atoms. The molecule has 7 aromatic carbocycles. The fraction of sp³-hybridized carbons (Fsp3) is 0. The zero-order chi connectivity index (χ0) is 34.5. The van der Waals surface area contributed by atoms with Crippen LogP contribution in [0.4, 0.5) is 0 Å². The lowest BCUT2D eigenvalue weighted by Gasteiger charge is -2.25. The Balaban J connectivity index is 1.59. The topological polar surface area (TPSA) is 13.1 Å². The van der Waals surface area contributed by atoms with E-state index in [0.717, 1.165) is 49.0 Å². The molecule has 1 heterocycles. The monoisotopic (exact) mass is 596 g/mol. The molecule has 20 radical (unpaired) electrons. The summed E-state index contributed by atoms with van der Waals surface area (Å²) in [4.78, 5) is 0. The quantitative estimate of drug-likeness (QED) is 0.186. The Hall–Kier alpha value is -4.49. The summed E-state index contributed by atoms with van der Waals surface area (Å²) in [5.74, 6) is 0. The van der Waals surface area contributed by atoms with Crippen LogP contribution < -0.4 is 54.6 Å². The summed E-state index contributed by atoms with van der Waals surface area (Å²) >= 11 is 0. The summed E-state index contributed by atoms with van der Waals surface area (Å²) in [6.45, 7) is 0. The van der Waals surface area contributed by atoms with Gasteiger partial charge < -0.3 is 4.42 Å². The van der Waals surface area contributed by atoms with Crippen LogP contribution in [0.5, 0.6) is 0 Å². The Bertz CT molecular complexity index is 2620. The van der Waals surface area contributed by atoms with Crippen molar-refractivity contribution in [1.82, 2.24) is 0 Å². The van der Waals surface area contributed by atoms with Gasteiger partial charge in [0, 0.05) is 10.8 Å². The van der Waals surface area contributed by atoms with E-state index in [1.807, 2.05) is 72.8 Å². The van der Waals surface area contributed by atoms with Gasteiger partial charge in [-0.3, -0.25) is 0 Å². The molecule has 0 atom stereocenters. The molecule has 8 aromatic rings. The van der Waals surface area contributed by atoms with Gasteiger partial charge in [-0.2, -0.15) is 0 Å². The molecule has 0 saturated heterocycles. The average Bonchev–Trinajstić information content (AvgIpc) is 3.50. The van der Waals surface area contributed by atoms with Gasteiger partial charge in [0.05, 0.1) is 0 Å². The molecule has 49 heavy (non-hydrogen) atoms. The molecule has 0 N–H and O–H groups in total. The van der Waals surface area contributed by atoms with Crippen molar-refractivity contribution >= 4 is 177 Å². The predicted octanol–water partition coefficient (Wildman–Crippen LogP) is -1.17. The third-order valence-corrected chi connectivity index (χ3v) is 9.62. The van der Waals surface area contributed by atoms with Crippen LogP contribution in [0.3, 0.4) is 0 Å². The van der Waals surface area contributed by atoms with Crippen molar-refractivity contribution in [3.8, 4) is 33.4 Å². The Kier molecular flexibility index (Phi) is 7.49. The van der Waals surface area contributed by atoms with Crippen molar-refractivity contribution < 1.29 is 4.42 Å². The minimum absolute atomic E-state index is 0.138. The number of fused-ring (bicyclic) bond motifs is 5. The third-order valence-electron chi connectivity index (χ3n) is 9.62. The van der Waals surface area contributed by atoms with Crippen LogP contribution in [0.1, 0.15) is 0 Å². The average molecular weight is 595 g/mol. The highest BCUT2D eigenvalue weighted by atomic mass is 16.3. The van der Waals surface area contributed by atoms with E-state index in [4.69, 9.17) is 82.9 Å². The summed E-state index contributed by atoms with van der Waals surface area (Å²) in [7, 11) is 64.4. The lowest BCUT2D eigenvalue weighted by atomic mass is 9.59. The molecule has 8 rings (SSSR count). The van der Waals surface area contributed by atoms with Gasteiger partial charge in [-0.15, -0.1) is 32.8 Å². The predicted molar refractivity (Wildman–Crippen MR) is 219 cm³/mol. The number of hydrogen-bond donors (Lipinski definition) is 0. The summed E-state index contributed by atoms with van der Waals surface area (Å²) in [6, 6.07) is 27.9. The second-order valence-electron chi connectivity index (χ2n) is 12.2. The molecule has 0 fully saturated rings. The Labute approximate surface area is 298 Å². The van der Waals surface area contributed by atoms with Gasteiger partial charge in [0.25, 0.3) is 0 Å². The summed E-state index contributed by atoms with van der Waals surface area (Å²) in [6.07, 6.45) is 0. The Morgan fingerprint density at radius 1 is 0.327 bits per heavy atom. The largest absolute Gasteiger partial charge is 0.456 e. The molecule has 0 spiro atoms. The number of para-hydroxylation sites is 1. The lowest BCUT2D eigenvalue weighted by Crippen LogP contribution is -2.55. The second kappa shape index (κ2) is 11.5. The molecule has 0 amide bonds. The van der Waals surface area contributed by atoms with Crippen LogP contribution in [0.25, 0.3) is 76.9 Å². The van der Waals surface area contributed by atoms with Gasteiger partial charge in [-0.1, -0.05) is 88.6 Å². The molecule has 0 unspecified atom stereocenters. The van der Waals surface area contributed by atoms with Gasteiger partial charge in [0.2, 0.25) is 0 Å². The normalized spacial score (nSPS) is 11.7. The van der Waals surface area contributed by atoms with Crippen molar-refractivity contribution in [2.45, 2.75) is 0 Å². The van der Waals surface area contributed by atoms with Gasteiger partial charge in [0.15, 0.2) is 0 Å². The molecule has 0 aliphatic carbocycles. The first-order valence-corrected chi connectivity index (χ1v) is 15.4. The van der Waals surface area contributed by atoms with Gasteiger partial charge in [-0.05, 0) is 73.1 Å². The first-order valence-electron chi connectivity index (χ1n) is 15.4. The number of furan rings is 1. The van der Waals surface area contributed by atoms with Crippen molar-refractivity contribution in [2.75, 3.05) is 0 Å². The summed E-state index contributed by atoms with van der Waals surface area (Å²) in [5, 5.41) is 5.38. The summed E-state index contributed by atoms with van der Waals surface area (Å²) in [5.41, 5.74) is 7.44. The van der Waals surface area contributed by atoms with Crippen LogP contribution in [0.15, 0.2) is 89.3 Å². The third kappa shape index (κ3) is 4.54. The number of benzene rings is 7. The van der Waals surface area contributed by atoms with E-state index in [1.54, 1.807) is 0 Å².